The molecule has 1 aliphatic rings. The van der Waals surface area contributed by atoms with E-state index in [-0.39, 0.29) is 17.1 Å². The molecule has 0 atom stereocenters. The zero-order valence-electron chi connectivity index (χ0n) is 12.1. The average Bonchev–Trinajstić information content (AvgIpc) is 2.71. The fourth-order valence-electron chi connectivity index (χ4n) is 2.56. The van der Waals surface area contributed by atoms with Gasteiger partial charge in [-0.05, 0) is 51.3 Å². The predicted molar refractivity (Wildman–Crippen MR) is 77.2 cm³/mol. The molecular weight excluding hydrogens is 256 g/mol. The summed E-state index contributed by atoms with van der Waals surface area (Å²) in [5.41, 5.74) is 1.42. The van der Waals surface area contributed by atoms with Gasteiger partial charge in [-0.1, -0.05) is 6.07 Å². The SMILES string of the molecule is Cc1ccc(C(=O)O)cc1NC(=O)N1CCCC1(C)C. The Kier molecular flexibility index (Phi) is 3.70. The molecule has 2 N–H and O–H groups in total. The van der Waals surface area contributed by atoms with Crippen molar-refractivity contribution in [2.75, 3.05) is 11.9 Å². The van der Waals surface area contributed by atoms with Crippen molar-refractivity contribution in [1.29, 1.82) is 0 Å². The molecule has 1 aromatic rings. The van der Waals surface area contributed by atoms with Crippen LogP contribution in [0.1, 0.15) is 42.6 Å². The van der Waals surface area contributed by atoms with Gasteiger partial charge in [0.1, 0.15) is 0 Å². The van der Waals surface area contributed by atoms with E-state index in [0.29, 0.717) is 5.69 Å². The molecule has 0 aliphatic carbocycles. The quantitative estimate of drug-likeness (QED) is 0.872. The number of benzene rings is 1. The molecule has 1 saturated heterocycles. The number of hydrogen-bond acceptors (Lipinski definition) is 2. The fraction of sp³-hybridized carbons (Fsp3) is 0.467. The fourth-order valence-corrected chi connectivity index (χ4v) is 2.56. The standard InChI is InChI=1S/C15H20N2O3/c1-10-5-6-11(13(18)19)9-12(10)16-14(20)17-8-4-7-15(17,2)3/h5-6,9H,4,7-8H2,1-3H3,(H,16,20)(H,18,19). The Morgan fingerprint density at radius 3 is 2.60 bits per heavy atom. The van der Waals surface area contributed by atoms with Crippen LogP contribution in [0.15, 0.2) is 18.2 Å². The highest BCUT2D eigenvalue weighted by molar-refractivity contribution is 5.94. The first-order valence-corrected chi connectivity index (χ1v) is 6.74. The number of rotatable bonds is 2. The van der Waals surface area contributed by atoms with Gasteiger partial charge in [0.2, 0.25) is 0 Å². The topological polar surface area (TPSA) is 69.6 Å². The third-order valence-electron chi connectivity index (χ3n) is 3.87. The van der Waals surface area contributed by atoms with E-state index in [0.717, 1.165) is 24.9 Å². The smallest absolute Gasteiger partial charge is 0.335 e. The molecule has 5 nitrogen and oxygen atoms in total. The molecule has 108 valence electrons. The molecule has 0 radical (unpaired) electrons. The maximum Gasteiger partial charge on any atom is 0.335 e. The van der Waals surface area contributed by atoms with Crippen molar-refractivity contribution >= 4 is 17.7 Å². The van der Waals surface area contributed by atoms with Gasteiger partial charge >= 0.3 is 12.0 Å². The highest BCUT2D eigenvalue weighted by atomic mass is 16.4. The van der Waals surface area contributed by atoms with Crippen molar-refractivity contribution in [3.05, 3.63) is 29.3 Å². The van der Waals surface area contributed by atoms with Gasteiger partial charge in [0.25, 0.3) is 0 Å². The van der Waals surface area contributed by atoms with Crippen LogP contribution in [0.2, 0.25) is 0 Å². The Morgan fingerprint density at radius 1 is 1.35 bits per heavy atom. The van der Waals surface area contributed by atoms with Crippen molar-refractivity contribution in [3.8, 4) is 0 Å². The van der Waals surface area contributed by atoms with E-state index in [9.17, 15) is 9.59 Å². The van der Waals surface area contributed by atoms with Crippen LogP contribution in [0.5, 0.6) is 0 Å². The zero-order valence-corrected chi connectivity index (χ0v) is 12.1. The number of aromatic carboxylic acids is 1. The number of hydrogen-bond donors (Lipinski definition) is 2. The Morgan fingerprint density at radius 2 is 2.05 bits per heavy atom. The lowest BCUT2D eigenvalue weighted by Crippen LogP contribution is -2.45. The van der Waals surface area contributed by atoms with Gasteiger partial charge in [-0.25, -0.2) is 9.59 Å². The summed E-state index contributed by atoms with van der Waals surface area (Å²) < 4.78 is 0. The molecule has 5 heteroatoms. The number of nitrogens with one attached hydrogen (secondary N) is 1. The molecule has 2 amide bonds. The number of carboxylic acid groups (broad SMARTS) is 1. The molecule has 0 unspecified atom stereocenters. The molecule has 1 aliphatic heterocycles. The Bertz CT molecular complexity index is 552. The monoisotopic (exact) mass is 276 g/mol. The van der Waals surface area contributed by atoms with Crippen molar-refractivity contribution in [2.24, 2.45) is 0 Å². The van der Waals surface area contributed by atoms with Crippen LogP contribution in [0.4, 0.5) is 10.5 Å². The number of aryl methyl sites for hydroxylation is 1. The lowest BCUT2D eigenvalue weighted by molar-refractivity contribution is 0.0697. The largest absolute Gasteiger partial charge is 0.478 e. The lowest BCUT2D eigenvalue weighted by Gasteiger charge is -2.31. The molecule has 1 heterocycles. The van der Waals surface area contributed by atoms with Gasteiger partial charge in [-0.3, -0.25) is 0 Å². The van der Waals surface area contributed by atoms with Crippen LogP contribution in [-0.2, 0) is 0 Å². The molecule has 0 spiro atoms. The van der Waals surface area contributed by atoms with E-state index in [1.165, 1.54) is 12.1 Å². The minimum absolute atomic E-state index is 0.150. The highest BCUT2D eigenvalue weighted by Gasteiger charge is 2.35. The van der Waals surface area contributed by atoms with Crippen molar-refractivity contribution in [1.82, 2.24) is 4.90 Å². The molecule has 2 rings (SSSR count). The number of likely N-dealkylation sites (tertiary alicyclic amines) is 1. The molecular formula is C15H20N2O3. The van der Waals surface area contributed by atoms with Gasteiger partial charge in [0.05, 0.1) is 5.56 Å². The Balaban J connectivity index is 2.19. The summed E-state index contributed by atoms with van der Waals surface area (Å²) in [5.74, 6) is -0.998. The maximum atomic E-state index is 12.3. The number of carbonyl (C=O) groups excluding carboxylic acids is 1. The first-order valence-electron chi connectivity index (χ1n) is 6.74. The van der Waals surface area contributed by atoms with E-state index in [4.69, 9.17) is 5.11 Å². The molecule has 1 aromatic carbocycles. The number of anilines is 1. The third-order valence-corrected chi connectivity index (χ3v) is 3.87. The van der Waals surface area contributed by atoms with Crippen LogP contribution in [0, 0.1) is 6.92 Å². The average molecular weight is 276 g/mol. The maximum absolute atomic E-state index is 12.3. The van der Waals surface area contributed by atoms with Gasteiger partial charge in [0, 0.05) is 17.8 Å². The van der Waals surface area contributed by atoms with Crippen molar-refractivity contribution < 1.29 is 14.7 Å². The molecule has 0 bridgehead atoms. The van der Waals surface area contributed by atoms with Crippen LogP contribution in [-0.4, -0.2) is 34.1 Å². The number of carbonyl (C=O) groups is 2. The summed E-state index contributed by atoms with van der Waals surface area (Å²) in [7, 11) is 0. The number of carboxylic acids is 1. The minimum Gasteiger partial charge on any atom is -0.478 e. The molecule has 0 aromatic heterocycles. The normalized spacial score (nSPS) is 17.1. The van der Waals surface area contributed by atoms with Gasteiger partial charge in [-0.2, -0.15) is 0 Å². The third kappa shape index (κ3) is 2.76. The van der Waals surface area contributed by atoms with E-state index < -0.39 is 5.97 Å². The first kappa shape index (κ1) is 14.4. The summed E-state index contributed by atoms with van der Waals surface area (Å²) in [6.07, 6.45) is 1.98. The van der Waals surface area contributed by atoms with Crippen molar-refractivity contribution in [3.63, 3.8) is 0 Å². The van der Waals surface area contributed by atoms with Crippen LogP contribution in [0.25, 0.3) is 0 Å². The summed E-state index contributed by atoms with van der Waals surface area (Å²) in [5, 5.41) is 11.8. The van der Waals surface area contributed by atoms with Crippen molar-refractivity contribution in [2.45, 2.75) is 39.2 Å². The van der Waals surface area contributed by atoms with E-state index in [1.54, 1.807) is 11.0 Å². The lowest BCUT2D eigenvalue weighted by atomic mass is 10.0. The van der Waals surface area contributed by atoms with Crippen LogP contribution < -0.4 is 5.32 Å². The number of nitrogens with zero attached hydrogens (tertiary/aromatic N) is 1. The second-order valence-electron chi connectivity index (χ2n) is 5.83. The number of amides is 2. The van der Waals surface area contributed by atoms with Gasteiger partial charge in [-0.15, -0.1) is 0 Å². The first-order chi connectivity index (χ1) is 9.31. The van der Waals surface area contributed by atoms with Crippen LogP contribution in [0.3, 0.4) is 0 Å². The van der Waals surface area contributed by atoms with Crippen LogP contribution >= 0.6 is 0 Å². The summed E-state index contributed by atoms with van der Waals surface area (Å²) in [6.45, 7) is 6.66. The van der Waals surface area contributed by atoms with Gasteiger partial charge in [0.15, 0.2) is 0 Å². The Hall–Kier alpha value is -2.04. The predicted octanol–water partition coefficient (Wildman–Crippen LogP) is 3.10. The van der Waals surface area contributed by atoms with Gasteiger partial charge < -0.3 is 15.3 Å². The molecule has 1 fully saturated rings. The number of urea groups is 1. The van der Waals surface area contributed by atoms with E-state index in [2.05, 4.69) is 5.32 Å². The molecule has 20 heavy (non-hydrogen) atoms. The zero-order chi connectivity index (χ0) is 14.9. The summed E-state index contributed by atoms with van der Waals surface area (Å²) in [6, 6.07) is 4.57. The second-order valence-corrected chi connectivity index (χ2v) is 5.83. The summed E-state index contributed by atoms with van der Waals surface area (Å²) >= 11 is 0. The van der Waals surface area contributed by atoms with E-state index in [1.807, 2.05) is 20.8 Å². The minimum atomic E-state index is -0.998. The van der Waals surface area contributed by atoms with E-state index >= 15 is 0 Å². The molecule has 0 saturated carbocycles. The summed E-state index contributed by atoms with van der Waals surface area (Å²) in [4.78, 5) is 25.1. The Labute approximate surface area is 118 Å². The second kappa shape index (κ2) is 5.15. The highest BCUT2D eigenvalue weighted by Crippen LogP contribution is 2.29.